The fraction of sp³-hybridized carbons (Fsp3) is 0.182. The summed E-state index contributed by atoms with van der Waals surface area (Å²) in [6, 6.07) is 9.80. The second-order valence-corrected chi connectivity index (χ2v) is 7.68. The van der Waals surface area contributed by atoms with Gasteiger partial charge in [-0.1, -0.05) is 18.2 Å². The van der Waals surface area contributed by atoms with Crippen LogP contribution in [0.5, 0.6) is 0 Å². The number of carbonyl (C=O) groups is 3. The highest BCUT2D eigenvalue weighted by Crippen LogP contribution is 2.18. The zero-order chi connectivity index (χ0) is 23.1. The number of hydrogen-bond acceptors (Lipinski definition) is 5. The Hall–Kier alpha value is -3.66. The molecule has 0 radical (unpaired) electrons. The topological polar surface area (TPSA) is 100 Å². The summed E-state index contributed by atoms with van der Waals surface area (Å²) in [6.07, 6.45) is -0.0246. The van der Waals surface area contributed by atoms with Gasteiger partial charge in [0.15, 0.2) is 5.13 Å². The Morgan fingerprint density at radius 2 is 1.72 bits per heavy atom. The summed E-state index contributed by atoms with van der Waals surface area (Å²) in [6.45, 7) is 1.95. The van der Waals surface area contributed by atoms with E-state index in [4.69, 9.17) is 0 Å². The predicted octanol–water partition coefficient (Wildman–Crippen LogP) is 3.07. The molecule has 1 heterocycles. The maximum atomic E-state index is 13.7. The first-order valence-corrected chi connectivity index (χ1v) is 10.5. The van der Waals surface area contributed by atoms with Gasteiger partial charge in [-0.15, -0.1) is 11.3 Å². The molecule has 3 N–H and O–H groups in total. The van der Waals surface area contributed by atoms with Crippen LogP contribution < -0.4 is 16.0 Å². The number of carbonyl (C=O) groups excluding carboxylic acids is 3. The van der Waals surface area contributed by atoms with E-state index >= 15 is 0 Å². The molecule has 0 aliphatic heterocycles. The van der Waals surface area contributed by atoms with Gasteiger partial charge in [0.25, 0.3) is 11.8 Å². The van der Waals surface area contributed by atoms with Gasteiger partial charge in [-0.05, 0) is 36.8 Å². The first-order chi connectivity index (χ1) is 15.3. The van der Waals surface area contributed by atoms with Crippen LogP contribution in [-0.4, -0.2) is 35.8 Å². The maximum Gasteiger partial charge on any atom is 0.260 e. The Morgan fingerprint density at radius 1 is 0.969 bits per heavy atom. The maximum absolute atomic E-state index is 13.7. The van der Waals surface area contributed by atoms with Crippen LogP contribution in [0.3, 0.4) is 0 Å². The molecule has 0 aliphatic rings. The van der Waals surface area contributed by atoms with Gasteiger partial charge in [-0.2, -0.15) is 0 Å². The zero-order valence-electron chi connectivity index (χ0n) is 17.1. The largest absolute Gasteiger partial charge is 0.354 e. The number of aromatic nitrogens is 1. The number of aryl methyl sites for hydroxylation is 1. The average Bonchev–Trinajstić information content (AvgIpc) is 3.19. The summed E-state index contributed by atoms with van der Waals surface area (Å²) in [5, 5.41) is 9.61. The lowest BCUT2D eigenvalue weighted by atomic mass is 10.1. The van der Waals surface area contributed by atoms with Crippen LogP contribution in [0.25, 0.3) is 0 Å². The quantitative estimate of drug-likeness (QED) is 0.452. The van der Waals surface area contributed by atoms with Crippen LogP contribution in [0.2, 0.25) is 0 Å². The summed E-state index contributed by atoms with van der Waals surface area (Å²) in [5.74, 6) is -2.48. The van der Waals surface area contributed by atoms with Crippen LogP contribution in [-0.2, 0) is 11.2 Å². The van der Waals surface area contributed by atoms with E-state index in [0.29, 0.717) is 11.3 Å². The van der Waals surface area contributed by atoms with Gasteiger partial charge in [0.05, 0.1) is 17.7 Å². The van der Waals surface area contributed by atoms with Crippen molar-refractivity contribution in [2.75, 3.05) is 18.4 Å². The number of amides is 3. The number of rotatable bonds is 8. The van der Waals surface area contributed by atoms with Gasteiger partial charge in [-0.3, -0.25) is 19.7 Å². The van der Waals surface area contributed by atoms with Crippen LogP contribution in [0.1, 0.15) is 32.0 Å². The minimum Gasteiger partial charge on any atom is -0.354 e. The number of anilines is 1. The van der Waals surface area contributed by atoms with Crippen molar-refractivity contribution in [3.05, 3.63) is 81.9 Å². The molecule has 0 bridgehead atoms. The standard InChI is InChI=1S/C22H20F2N4O3S/c1-13-6-7-14(10-18(13)24)20(30)26-9-8-25-19(29)11-15-12-32-22(27-15)28-21(31)16-4-2-3-5-17(16)23/h2-7,10,12H,8-9,11H2,1H3,(H,25,29)(H,26,30)(H,27,28,31). The monoisotopic (exact) mass is 458 g/mol. The van der Waals surface area contributed by atoms with Crippen LogP contribution >= 0.6 is 11.3 Å². The van der Waals surface area contributed by atoms with Gasteiger partial charge in [0.1, 0.15) is 11.6 Å². The molecule has 3 aromatic rings. The van der Waals surface area contributed by atoms with Crippen molar-refractivity contribution < 1.29 is 23.2 Å². The molecule has 3 amide bonds. The van der Waals surface area contributed by atoms with Crippen LogP contribution in [0.15, 0.2) is 47.8 Å². The summed E-state index contributed by atoms with van der Waals surface area (Å²) < 4.78 is 27.2. The third kappa shape index (κ3) is 6.17. The fourth-order valence-electron chi connectivity index (χ4n) is 2.70. The van der Waals surface area contributed by atoms with E-state index in [1.165, 1.54) is 30.3 Å². The van der Waals surface area contributed by atoms with Gasteiger partial charge in [0.2, 0.25) is 5.91 Å². The predicted molar refractivity (Wildman–Crippen MR) is 117 cm³/mol. The van der Waals surface area contributed by atoms with Crippen molar-refractivity contribution in [1.82, 2.24) is 15.6 Å². The van der Waals surface area contributed by atoms with E-state index in [9.17, 15) is 23.2 Å². The highest BCUT2D eigenvalue weighted by molar-refractivity contribution is 7.14. The average molecular weight is 458 g/mol. The van der Waals surface area contributed by atoms with Crippen LogP contribution in [0.4, 0.5) is 13.9 Å². The number of hydrogen-bond donors (Lipinski definition) is 3. The molecule has 3 rings (SSSR count). The number of nitrogens with one attached hydrogen (secondary N) is 3. The van der Waals surface area contributed by atoms with Gasteiger partial charge in [-0.25, -0.2) is 13.8 Å². The fourth-order valence-corrected chi connectivity index (χ4v) is 3.40. The van der Waals surface area contributed by atoms with Crippen molar-refractivity contribution in [3.63, 3.8) is 0 Å². The molecule has 7 nitrogen and oxygen atoms in total. The molecule has 0 saturated carbocycles. The molecule has 0 atom stereocenters. The lowest BCUT2D eigenvalue weighted by Gasteiger charge is -2.07. The van der Waals surface area contributed by atoms with E-state index in [-0.39, 0.29) is 41.7 Å². The normalized spacial score (nSPS) is 10.5. The van der Waals surface area contributed by atoms with Crippen molar-refractivity contribution in [3.8, 4) is 0 Å². The Balaban J connectivity index is 1.41. The van der Waals surface area contributed by atoms with E-state index in [2.05, 4.69) is 20.9 Å². The molecule has 32 heavy (non-hydrogen) atoms. The SMILES string of the molecule is Cc1ccc(C(=O)NCCNC(=O)Cc2csc(NC(=O)c3ccccc3F)n2)cc1F. The van der Waals surface area contributed by atoms with E-state index in [0.717, 1.165) is 17.4 Å². The third-order valence-electron chi connectivity index (χ3n) is 4.40. The first-order valence-electron chi connectivity index (χ1n) is 9.65. The zero-order valence-corrected chi connectivity index (χ0v) is 17.9. The second-order valence-electron chi connectivity index (χ2n) is 6.82. The lowest BCUT2D eigenvalue weighted by molar-refractivity contribution is -0.120. The summed E-state index contributed by atoms with van der Waals surface area (Å²) in [7, 11) is 0. The van der Waals surface area contributed by atoms with Crippen molar-refractivity contribution in [2.24, 2.45) is 0 Å². The third-order valence-corrected chi connectivity index (χ3v) is 5.21. The smallest absolute Gasteiger partial charge is 0.260 e. The van der Waals surface area contributed by atoms with Crippen molar-refractivity contribution >= 4 is 34.2 Å². The minimum absolute atomic E-state index is 0.0246. The summed E-state index contributed by atoms with van der Waals surface area (Å²) >= 11 is 1.12. The Morgan fingerprint density at radius 3 is 2.47 bits per heavy atom. The van der Waals surface area contributed by atoms with Gasteiger partial charge >= 0.3 is 0 Å². The first kappa shape index (κ1) is 23.0. The van der Waals surface area contributed by atoms with E-state index in [1.54, 1.807) is 18.4 Å². The van der Waals surface area contributed by atoms with Crippen molar-refractivity contribution in [2.45, 2.75) is 13.3 Å². The Kier molecular flexibility index (Phi) is 7.61. The molecular weight excluding hydrogens is 438 g/mol. The Labute approximate surface area is 186 Å². The molecule has 0 aliphatic carbocycles. The molecule has 2 aromatic carbocycles. The lowest BCUT2D eigenvalue weighted by Crippen LogP contribution is -2.35. The molecule has 0 unspecified atom stereocenters. The number of nitrogens with zero attached hydrogens (tertiary/aromatic N) is 1. The Bertz CT molecular complexity index is 1150. The highest BCUT2D eigenvalue weighted by Gasteiger charge is 2.14. The van der Waals surface area contributed by atoms with Crippen molar-refractivity contribution in [1.29, 1.82) is 0 Å². The van der Waals surface area contributed by atoms with E-state index in [1.807, 2.05) is 0 Å². The summed E-state index contributed by atoms with van der Waals surface area (Å²) in [4.78, 5) is 40.3. The second kappa shape index (κ2) is 10.6. The summed E-state index contributed by atoms with van der Waals surface area (Å²) in [5.41, 5.74) is 0.991. The number of benzene rings is 2. The van der Waals surface area contributed by atoms with Gasteiger partial charge in [0, 0.05) is 24.0 Å². The van der Waals surface area contributed by atoms with Gasteiger partial charge < -0.3 is 10.6 Å². The molecule has 10 heteroatoms. The minimum atomic E-state index is -0.638. The molecule has 0 fully saturated rings. The number of thiazole rings is 1. The molecule has 0 saturated heterocycles. The van der Waals surface area contributed by atoms with Crippen LogP contribution in [0, 0.1) is 18.6 Å². The molecular formula is C22H20F2N4O3S. The molecule has 1 aromatic heterocycles. The number of halogens is 2. The molecule has 0 spiro atoms. The highest BCUT2D eigenvalue weighted by atomic mass is 32.1. The van der Waals surface area contributed by atoms with E-state index < -0.39 is 23.4 Å². The molecule has 166 valence electrons.